The third kappa shape index (κ3) is 3.09. The molecule has 0 spiro atoms. The zero-order chi connectivity index (χ0) is 13.8. The molecule has 3 rings (SSSR count). The summed E-state index contributed by atoms with van der Waals surface area (Å²) in [6.07, 6.45) is 1.38. The quantitative estimate of drug-likeness (QED) is 0.929. The number of aromatic nitrogens is 2. The van der Waals surface area contributed by atoms with Gasteiger partial charge in [0.25, 0.3) is 0 Å². The van der Waals surface area contributed by atoms with Crippen molar-refractivity contribution in [2.75, 3.05) is 19.7 Å². The van der Waals surface area contributed by atoms with E-state index >= 15 is 0 Å². The van der Waals surface area contributed by atoms with Crippen molar-refractivity contribution < 1.29 is 13.9 Å². The van der Waals surface area contributed by atoms with Crippen molar-refractivity contribution in [1.82, 2.24) is 15.5 Å². The van der Waals surface area contributed by atoms with E-state index in [-0.39, 0.29) is 11.9 Å². The lowest BCUT2D eigenvalue weighted by Gasteiger charge is -2.24. The van der Waals surface area contributed by atoms with Crippen LogP contribution in [0, 0.1) is 5.82 Å². The van der Waals surface area contributed by atoms with Crippen LogP contribution in [-0.2, 0) is 4.74 Å². The summed E-state index contributed by atoms with van der Waals surface area (Å²) in [6.45, 7) is 2.09. The molecule has 5 nitrogen and oxygen atoms in total. The van der Waals surface area contributed by atoms with E-state index in [1.807, 2.05) is 0 Å². The fourth-order valence-corrected chi connectivity index (χ4v) is 2.07. The van der Waals surface area contributed by atoms with Crippen molar-refractivity contribution in [3.8, 4) is 11.6 Å². The van der Waals surface area contributed by atoms with E-state index in [9.17, 15) is 4.39 Å². The maximum atomic E-state index is 13.7. The van der Waals surface area contributed by atoms with Gasteiger partial charge in [0.15, 0.2) is 0 Å². The van der Waals surface area contributed by atoms with Gasteiger partial charge >= 0.3 is 0 Å². The highest BCUT2D eigenvalue weighted by atomic mass is 19.1. The number of nitrogens with zero attached hydrogens (tertiary/aromatic N) is 2. The van der Waals surface area contributed by atoms with Crippen molar-refractivity contribution in [2.24, 2.45) is 0 Å². The molecule has 0 radical (unpaired) electrons. The lowest BCUT2D eigenvalue weighted by molar-refractivity contribution is 0.0274. The van der Waals surface area contributed by atoms with Gasteiger partial charge in [-0.1, -0.05) is 0 Å². The van der Waals surface area contributed by atoms with Crippen LogP contribution in [0.5, 0.6) is 11.6 Å². The Hall–Kier alpha value is -2.05. The minimum atomic E-state index is -0.365. The summed E-state index contributed by atoms with van der Waals surface area (Å²) < 4.78 is 24.8. The normalized spacial score (nSPS) is 18.8. The molecular formula is C14H14FN3O2. The van der Waals surface area contributed by atoms with Crippen LogP contribution in [0.25, 0.3) is 0 Å². The molecule has 1 fully saturated rings. The fourth-order valence-electron chi connectivity index (χ4n) is 2.07. The molecule has 1 saturated heterocycles. The Labute approximate surface area is 115 Å². The molecule has 2 heterocycles. The van der Waals surface area contributed by atoms with Crippen LogP contribution in [0.2, 0.25) is 0 Å². The smallest absolute Gasteiger partial charge is 0.238 e. The Morgan fingerprint density at radius 2 is 2.30 bits per heavy atom. The maximum absolute atomic E-state index is 13.7. The topological polar surface area (TPSA) is 56.3 Å². The summed E-state index contributed by atoms with van der Waals surface area (Å²) in [5.74, 6) is 0.344. The molecule has 1 aromatic carbocycles. The molecule has 0 aliphatic carbocycles. The molecule has 1 atom stereocenters. The second-order valence-electron chi connectivity index (χ2n) is 4.45. The van der Waals surface area contributed by atoms with Gasteiger partial charge in [-0.2, -0.15) is 5.10 Å². The van der Waals surface area contributed by atoms with Gasteiger partial charge in [0.05, 0.1) is 12.7 Å². The first-order valence-electron chi connectivity index (χ1n) is 6.39. The van der Waals surface area contributed by atoms with Gasteiger partial charge < -0.3 is 14.8 Å². The average Bonchev–Trinajstić information content (AvgIpc) is 2.49. The van der Waals surface area contributed by atoms with Crippen LogP contribution >= 0.6 is 0 Å². The molecule has 1 unspecified atom stereocenters. The molecule has 20 heavy (non-hydrogen) atoms. The lowest BCUT2D eigenvalue weighted by atomic mass is 10.1. The first kappa shape index (κ1) is 13.0. The van der Waals surface area contributed by atoms with Gasteiger partial charge in [0.1, 0.15) is 11.6 Å². The van der Waals surface area contributed by atoms with Gasteiger partial charge in [-0.25, -0.2) is 4.39 Å². The maximum Gasteiger partial charge on any atom is 0.238 e. The molecule has 2 aromatic rings. The molecule has 0 amide bonds. The van der Waals surface area contributed by atoms with Crippen molar-refractivity contribution in [3.05, 3.63) is 47.9 Å². The molecule has 1 aliphatic rings. The molecule has 6 heteroatoms. The predicted molar refractivity (Wildman–Crippen MR) is 70.1 cm³/mol. The van der Waals surface area contributed by atoms with Crippen molar-refractivity contribution >= 4 is 0 Å². The number of rotatable bonds is 3. The minimum Gasteiger partial charge on any atom is -0.437 e. The van der Waals surface area contributed by atoms with Gasteiger partial charge in [-0.05, 0) is 23.8 Å². The molecule has 0 saturated carbocycles. The Morgan fingerprint density at radius 1 is 1.35 bits per heavy atom. The highest BCUT2D eigenvalue weighted by Gasteiger charge is 2.17. The molecule has 104 valence electrons. The number of ether oxygens (including phenoxy) is 2. The highest BCUT2D eigenvalue weighted by molar-refractivity contribution is 5.33. The van der Waals surface area contributed by atoms with E-state index in [2.05, 4.69) is 15.5 Å². The molecule has 1 aromatic heterocycles. The van der Waals surface area contributed by atoms with E-state index in [1.54, 1.807) is 24.4 Å². The number of benzene rings is 1. The Bertz CT molecular complexity index is 574. The SMILES string of the molecule is Fc1cc(Oc2cccnn2)cc(C2CNCCO2)c1. The fraction of sp³-hybridized carbons (Fsp3) is 0.286. The van der Waals surface area contributed by atoms with E-state index in [1.165, 1.54) is 12.1 Å². The molecular weight excluding hydrogens is 261 g/mol. The Morgan fingerprint density at radius 3 is 3.05 bits per heavy atom. The standard InChI is InChI=1S/C14H14FN3O2/c15-11-6-10(13-9-16-4-5-19-13)7-12(8-11)20-14-2-1-3-17-18-14/h1-3,6-8,13,16H,4-5,9H2. The summed E-state index contributed by atoms with van der Waals surface area (Å²) in [4.78, 5) is 0. The Balaban J connectivity index is 1.82. The Kier molecular flexibility index (Phi) is 3.85. The van der Waals surface area contributed by atoms with Crippen LogP contribution in [0.15, 0.2) is 36.5 Å². The number of halogens is 1. The first-order chi connectivity index (χ1) is 9.81. The van der Waals surface area contributed by atoms with Crippen LogP contribution < -0.4 is 10.1 Å². The first-order valence-corrected chi connectivity index (χ1v) is 6.39. The average molecular weight is 275 g/mol. The number of nitrogens with one attached hydrogen (secondary N) is 1. The van der Waals surface area contributed by atoms with Crippen LogP contribution in [0.3, 0.4) is 0 Å². The molecule has 0 bridgehead atoms. The van der Waals surface area contributed by atoms with Gasteiger partial charge in [0.2, 0.25) is 5.88 Å². The predicted octanol–water partition coefficient (Wildman–Crippen LogP) is 2.07. The molecule has 1 N–H and O–H groups in total. The second-order valence-corrected chi connectivity index (χ2v) is 4.45. The van der Waals surface area contributed by atoms with Crippen LogP contribution in [-0.4, -0.2) is 29.9 Å². The minimum absolute atomic E-state index is 0.163. The van der Waals surface area contributed by atoms with Gasteiger partial charge in [0, 0.05) is 31.4 Å². The van der Waals surface area contributed by atoms with E-state index in [0.717, 1.165) is 12.1 Å². The lowest BCUT2D eigenvalue weighted by Crippen LogP contribution is -2.33. The summed E-state index contributed by atoms with van der Waals surface area (Å²) in [5.41, 5.74) is 0.746. The van der Waals surface area contributed by atoms with Crippen molar-refractivity contribution in [2.45, 2.75) is 6.10 Å². The number of hydrogen-bond donors (Lipinski definition) is 1. The zero-order valence-electron chi connectivity index (χ0n) is 10.8. The van der Waals surface area contributed by atoms with Gasteiger partial charge in [-0.3, -0.25) is 0 Å². The van der Waals surface area contributed by atoms with Crippen molar-refractivity contribution in [3.63, 3.8) is 0 Å². The summed E-state index contributed by atoms with van der Waals surface area (Å²) in [6, 6.07) is 7.90. The van der Waals surface area contributed by atoms with E-state index < -0.39 is 0 Å². The van der Waals surface area contributed by atoms with Crippen LogP contribution in [0.4, 0.5) is 4.39 Å². The summed E-state index contributed by atoms with van der Waals surface area (Å²) in [7, 11) is 0. The number of morpholine rings is 1. The second kappa shape index (κ2) is 5.94. The third-order valence-corrected chi connectivity index (χ3v) is 2.96. The van der Waals surface area contributed by atoms with Gasteiger partial charge in [-0.15, -0.1) is 5.10 Å². The number of hydrogen-bond acceptors (Lipinski definition) is 5. The van der Waals surface area contributed by atoms with E-state index in [4.69, 9.17) is 9.47 Å². The van der Waals surface area contributed by atoms with Crippen LogP contribution in [0.1, 0.15) is 11.7 Å². The van der Waals surface area contributed by atoms with Crippen molar-refractivity contribution in [1.29, 1.82) is 0 Å². The molecule has 1 aliphatic heterocycles. The monoisotopic (exact) mass is 275 g/mol. The summed E-state index contributed by atoms with van der Waals surface area (Å²) >= 11 is 0. The highest BCUT2D eigenvalue weighted by Crippen LogP contribution is 2.27. The van der Waals surface area contributed by atoms with E-state index in [0.29, 0.717) is 24.8 Å². The third-order valence-electron chi connectivity index (χ3n) is 2.96. The largest absolute Gasteiger partial charge is 0.437 e. The summed E-state index contributed by atoms with van der Waals surface area (Å²) in [5, 5.41) is 10.7. The zero-order valence-corrected chi connectivity index (χ0v) is 10.8.